The summed E-state index contributed by atoms with van der Waals surface area (Å²) in [6.45, 7) is 4.42. The Morgan fingerprint density at radius 2 is 1.88 bits per heavy atom. The van der Waals surface area contributed by atoms with Gasteiger partial charge in [0, 0.05) is 29.7 Å². The van der Waals surface area contributed by atoms with Crippen LogP contribution in [0.3, 0.4) is 0 Å². The summed E-state index contributed by atoms with van der Waals surface area (Å²) in [6, 6.07) is 14.6. The zero-order valence-corrected chi connectivity index (χ0v) is 19.6. The Morgan fingerprint density at radius 3 is 2.53 bits per heavy atom. The van der Waals surface area contributed by atoms with E-state index in [2.05, 4.69) is 45.7 Å². The molecule has 2 atom stereocenters. The van der Waals surface area contributed by atoms with E-state index in [4.69, 9.17) is 21.7 Å². The van der Waals surface area contributed by atoms with Crippen LogP contribution in [0.2, 0.25) is 0 Å². The van der Waals surface area contributed by atoms with Crippen LogP contribution < -0.4 is 19.7 Å². The van der Waals surface area contributed by atoms with Crippen LogP contribution in [0.1, 0.15) is 53.6 Å². The van der Waals surface area contributed by atoms with Gasteiger partial charge in [-0.25, -0.2) is 0 Å². The van der Waals surface area contributed by atoms with Gasteiger partial charge in [0.05, 0.1) is 37.7 Å². The van der Waals surface area contributed by atoms with Crippen LogP contribution in [0.4, 0.5) is 5.69 Å². The van der Waals surface area contributed by atoms with Crippen LogP contribution in [0.25, 0.3) is 0 Å². The predicted molar refractivity (Wildman–Crippen MR) is 130 cm³/mol. The molecule has 166 valence electrons. The average Bonchev–Trinajstić information content (AvgIpc) is 3.52. The third-order valence-electron chi connectivity index (χ3n) is 6.50. The minimum atomic E-state index is -0.0900. The maximum Gasteiger partial charge on any atom is 0.174 e. The van der Waals surface area contributed by atoms with Gasteiger partial charge in [-0.2, -0.15) is 0 Å². The number of thiocarbonyl (C=S) groups is 1. The van der Waals surface area contributed by atoms with Crippen LogP contribution >= 0.6 is 12.2 Å². The zero-order chi connectivity index (χ0) is 22.4. The monoisotopic (exact) mass is 448 g/mol. The highest BCUT2D eigenvalue weighted by atomic mass is 32.1. The number of rotatable bonds is 6. The van der Waals surface area contributed by atoms with Gasteiger partial charge in [-0.05, 0) is 74.8 Å². The highest BCUT2D eigenvalue weighted by Crippen LogP contribution is 2.48. The van der Waals surface area contributed by atoms with Gasteiger partial charge in [0.1, 0.15) is 11.5 Å². The number of nitrogens with one attached hydrogen (secondary N) is 1. The molecule has 1 aliphatic heterocycles. The van der Waals surface area contributed by atoms with E-state index in [0.29, 0.717) is 11.2 Å². The van der Waals surface area contributed by atoms with Gasteiger partial charge in [-0.3, -0.25) is 4.98 Å². The van der Waals surface area contributed by atoms with Gasteiger partial charge < -0.3 is 24.3 Å². The number of aromatic nitrogens is 2. The third kappa shape index (κ3) is 3.41. The highest BCUT2D eigenvalue weighted by Gasteiger charge is 2.44. The Morgan fingerprint density at radius 1 is 1.06 bits per heavy atom. The number of benzene rings is 1. The largest absolute Gasteiger partial charge is 0.497 e. The molecule has 0 amide bonds. The molecule has 1 saturated heterocycles. The zero-order valence-electron chi connectivity index (χ0n) is 18.8. The predicted octanol–water partition coefficient (Wildman–Crippen LogP) is 5.03. The molecule has 7 heteroatoms. The Labute approximate surface area is 194 Å². The quantitative estimate of drug-likeness (QED) is 0.534. The molecule has 0 spiro atoms. The molecule has 1 saturated carbocycles. The van der Waals surface area contributed by atoms with E-state index in [1.807, 2.05) is 36.5 Å². The summed E-state index contributed by atoms with van der Waals surface area (Å²) >= 11 is 5.89. The number of methoxy groups -OCH3 is 2. The topological polar surface area (TPSA) is 51.6 Å². The van der Waals surface area contributed by atoms with E-state index < -0.39 is 0 Å². The summed E-state index contributed by atoms with van der Waals surface area (Å²) in [5.41, 5.74) is 5.66. The van der Waals surface area contributed by atoms with Gasteiger partial charge in [0.25, 0.3) is 0 Å². The number of aryl methyl sites for hydroxylation is 1. The lowest BCUT2D eigenvalue weighted by Crippen LogP contribution is -2.30. The van der Waals surface area contributed by atoms with Crippen molar-refractivity contribution in [1.29, 1.82) is 0 Å². The first-order valence-corrected chi connectivity index (χ1v) is 11.3. The normalized spacial score (nSPS) is 20.4. The van der Waals surface area contributed by atoms with E-state index >= 15 is 0 Å². The average molecular weight is 449 g/mol. The van der Waals surface area contributed by atoms with E-state index in [0.717, 1.165) is 22.9 Å². The van der Waals surface area contributed by atoms with Crippen LogP contribution in [-0.2, 0) is 0 Å². The number of ether oxygens (including phenoxy) is 2. The molecule has 5 rings (SSSR count). The molecule has 3 aromatic rings. The minimum Gasteiger partial charge on any atom is -0.497 e. The standard InChI is InChI=1S/C25H28N4O2S/c1-15-13-19(16(2)28(15)17-8-9-17)24-23(20-7-5-6-12-26-20)27-25(32)29(24)21-14-18(30-3)10-11-22(21)31-4/h5-7,10-14,17,23-24H,8-9H2,1-4H3,(H,27,32)/t23-,24+/m0/s1. The minimum absolute atomic E-state index is 0.0721. The summed E-state index contributed by atoms with van der Waals surface area (Å²) in [4.78, 5) is 6.83. The van der Waals surface area contributed by atoms with E-state index in [1.54, 1.807) is 14.2 Å². The van der Waals surface area contributed by atoms with Crippen molar-refractivity contribution in [3.05, 3.63) is 71.3 Å². The number of hydrogen-bond acceptors (Lipinski definition) is 4. The van der Waals surface area contributed by atoms with Crippen LogP contribution in [0.5, 0.6) is 11.5 Å². The molecule has 0 unspecified atom stereocenters. The van der Waals surface area contributed by atoms with Crippen LogP contribution in [0, 0.1) is 13.8 Å². The van der Waals surface area contributed by atoms with Gasteiger partial charge >= 0.3 is 0 Å². The lowest BCUT2D eigenvalue weighted by molar-refractivity contribution is 0.403. The molecule has 6 nitrogen and oxygen atoms in total. The fourth-order valence-electron chi connectivity index (χ4n) is 4.91. The summed E-state index contributed by atoms with van der Waals surface area (Å²) in [5.74, 6) is 1.50. The second-order valence-corrected chi connectivity index (χ2v) is 8.85. The molecular formula is C25H28N4O2S. The molecular weight excluding hydrogens is 420 g/mol. The molecule has 1 aliphatic carbocycles. The van der Waals surface area contributed by atoms with E-state index in [9.17, 15) is 0 Å². The number of nitrogens with zero attached hydrogens (tertiary/aromatic N) is 3. The fraction of sp³-hybridized carbons (Fsp3) is 0.360. The maximum absolute atomic E-state index is 5.89. The summed E-state index contributed by atoms with van der Waals surface area (Å²) < 4.78 is 13.7. The smallest absolute Gasteiger partial charge is 0.174 e. The lowest BCUT2D eigenvalue weighted by Gasteiger charge is -2.29. The maximum atomic E-state index is 5.89. The molecule has 2 aliphatic rings. The summed E-state index contributed by atoms with van der Waals surface area (Å²) in [6.07, 6.45) is 4.32. The first-order chi connectivity index (χ1) is 15.5. The van der Waals surface area contributed by atoms with Crippen molar-refractivity contribution in [1.82, 2.24) is 14.9 Å². The highest BCUT2D eigenvalue weighted by molar-refractivity contribution is 7.80. The van der Waals surface area contributed by atoms with Crippen molar-refractivity contribution in [3.8, 4) is 11.5 Å². The fourth-order valence-corrected chi connectivity index (χ4v) is 5.25. The van der Waals surface area contributed by atoms with Crippen molar-refractivity contribution >= 4 is 23.0 Å². The Kier molecular flexibility index (Phi) is 5.29. The Bertz CT molecular complexity index is 1160. The van der Waals surface area contributed by atoms with E-state index in [-0.39, 0.29) is 12.1 Å². The summed E-state index contributed by atoms with van der Waals surface area (Å²) in [7, 11) is 3.35. The molecule has 32 heavy (non-hydrogen) atoms. The summed E-state index contributed by atoms with van der Waals surface area (Å²) in [5, 5.41) is 4.19. The van der Waals surface area contributed by atoms with Gasteiger partial charge in [0.15, 0.2) is 5.11 Å². The van der Waals surface area contributed by atoms with E-state index in [1.165, 1.54) is 29.8 Å². The lowest BCUT2D eigenvalue weighted by atomic mass is 9.96. The third-order valence-corrected chi connectivity index (χ3v) is 6.81. The van der Waals surface area contributed by atoms with Crippen LogP contribution in [-0.4, -0.2) is 28.9 Å². The van der Waals surface area contributed by atoms with Gasteiger partial charge in [-0.1, -0.05) is 6.07 Å². The van der Waals surface area contributed by atoms with Crippen molar-refractivity contribution in [2.75, 3.05) is 19.1 Å². The van der Waals surface area contributed by atoms with Crippen molar-refractivity contribution in [3.63, 3.8) is 0 Å². The van der Waals surface area contributed by atoms with Crippen molar-refractivity contribution < 1.29 is 9.47 Å². The van der Waals surface area contributed by atoms with Crippen molar-refractivity contribution in [2.24, 2.45) is 0 Å². The number of hydrogen-bond donors (Lipinski definition) is 1. The molecule has 0 radical (unpaired) electrons. The Hall–Kier alpha value is -3.06. The van der Waals surface area contributed by atoms with Crippen LogP contribution in [0.15, 0.2) is 48.7 Å². The molecule has 1 aromatic carbocycles. The van der Waals surface area contributed by atoms with Crippen molar-refractivity contribution in [2.45, 2.75) is 44.8 Å². The molecule has 1 N–H and O–H groups in total. The molecule has 3 heterocycles. The Balaban J connectivity index is 1.69. The second-order valence-electron chi connectivity index (χ2n) is 8.46. The first-order valence-electron chi connectivity index (χ1n) is 10.9. The van der Waals surface area contributed by atoms with Gasteiger partial charge in [-0.15, -0.1) is 0 Å². The molecule has 2 aromatic heterocycles. The SMILES string of the molecule is COc1ccc(OC)c(N2C(=S)N[C@@H](c3ccccn3)[C@H]2c2cc(C)n(C3CC3)c2C)c1. The molecule has 0 bridgehead atoms. The number of pyridine rings is 1. The second kappa shape index (κ2) is 8.13. The number of anilines is 1. The van der Waals surface area contributed by atoms with Gasteiger partial charge in [0.2, 0.25) is 0 Å². The molecule has 2 fully saturated rings. The first kappa shape index (κ1) is 20.8.